The fourth-order valence-electron chi connectivity index (χ4n) is 2.93. The van der Waals surface area contributed by atoms with Gasteiger partial charge >= 0.3 is 0 Å². The number of aryl methyl sites for hydroxylation is 1. The molecule has 20 heavy (non-hydrogen) atoms. The first kappa shape index (κ1) is 13.4. The van der Waals surface area contributed by atoms with Crippen molar-refractivity contribution in [1.29, 1.82) is 0 Å². The predicted octanol–water partition coefficient (Wildman–Crippen LogP) is 2.87. The highest BCUT2D eigenvalue weighted by molar-refractivity contribution is 7.07. The topological polar surface area (TPSA) is 38.1 Å². The van der Waals surface area contributed by atoms with Crippen LogP contribution in [0.3, 0.4) is 0 Å². The average molecular weight is 289 g/mol. The minimum atomic E-state index is 0.224. The summed E-state index contributed by atoms with van der Waals surface area (Å²) in [5.74, 6) is 0.248. The summed E-state index contributed by atoms with van der Waals surface area (Å²) in [6.45, 7) is 3.87. The summed E-state index contributed by atoms with van der Waals surface area (Å²) < 4.78 is 2.26. The molecule has 3 rings (SSSR count). The van der Waals surface area contributed by atoms with Crippen LogP contribution in [-0.4, -0.2) is 26.9 Å². The number of hydrogen-bond donors (Lipinski definition) is 0. The normalized spacial score (nSPS) is 18.1. The standard InChI is InChI=1S/C15H19N3OS/c1-2-13-14-4-3-7-17(14)8-9-18(13)15(19)6-5-12-10-20-11-16-12/h3-4,7,10-11,13H,2,5-6,8-9H2,1H3/t13-/m1/s1. The summed E-state index contributed by atoms with van der Waals surface area (Å²) in [5, 5.41) is 2.02. The zero-order chi connectivity index (χ0) is 13.9. The van der Waals surface area contributed by atoms with E-state index >= 15 is 0 Å². The SMILES string of the molecule is CC[C@@H]1c2cccn2CCN1C(=O)CCc1cscn1. The molecule has 0 unspecified atom stereocenters. The maximum Gasteiger partial charge on any atom is 0.223 e. The lowest BCUT2D eigenvalue weighted by molar-refractivity contribution is -0.134. The number of rotatable bonds is 4. The fourth-order valence-corrected chi connectivity index (χ4v) is 3.52. The van der Waals surface area contributed by atoms with Crippen LogP contribution in [0.1, 0.15) is 37.2 Å². The lowest BCUT2D eigenvalue weighted by atomic mass is 10.1. The van der Waals surface area contributed by atoms with Crippen molar-refractivity contribution >= 4 is 17.2 Å². The van der Waals surface area contributed by atoms with Gasteiger partial charge in [0, 0.05) is 36.8 Å². The van der Waals surface area contributed by atoms with E-state index < -0.39 is 0 Å². The molecule has 1 atom stereocenters. The number of carbonyl (C=O) groups excluding carboxylic acids is 1. The van der Waals surface area contributed by atoms with Crippen LogP contribution in [0.15, 0.2) is 29.2 Å². The van der Waals surface area contributed by atoms with E-state index in [0.29, 0.717) is 6.42 Å². The highest BCUT2D eigenvalue weighted by Crippen LogP contribution is 2.29. The maximum atomic E-state index is 12.5. The van der Waals surface area contributed by atoms with E-state index in [1.807, 2.05) is 15.8 Å². The van der Waals surface area contributed by atoms with E-state index in [4.69, 9.17) is 0 Å². The van der Waals surface area contributed by atoms with Gasteiger partial charge < -0.3 is 9.47 Å². The van der Waals surface area contributed by atoms with Crippen molar-refractivity contribution in [2.75, 3.05) is 6.54 Å². The van der Waals surface area contributed by atoms with Crippen molar-refractivity contribution in [1.82, 2.24) is 14.5 Å². The Bertz CT molecular complexity index is 576. The van der Waals surface area contributed by atoms with E-state index in [1.165, 1.54) is 5.69 Å². The summed E-state index contributed by atoms with van der Waals surface area (Å²) in [5.41, 5.74) is 4.11. The van der Waals surface area contributed by atoms with Crippen molar-refractivity contribution in [2.45, 2.75) is 38.8 Å². The van der Waals surface area contributed by atoms with Gasteiger partial charge in [-0.1, -0.05) is 6.92 Å². The minimum absolute atomic E-state index is 0.224. The van der Waals surface area contributed by atoms with Crippen molar-refractivity contribution < 1.29 is 4.79 Å². The van der Waals surface area contributed by atoms with Crippen LogP contribution >= 0.6 is 11.3 Å². The van der Waals surface area contributed by atoms with Crippen molar-refractivity contribution in [3.05, 3.63) is 40.6 Å². The van der Waals surface area contributed by atoms with E-state index in [2.05, 4.69) is 34.8 Å². The zero-order valence-electron chi connectivity index (χ0n) is 11.7. The molecule has 0 spiro atoms. The van der Waals surface area contributed by atoms with Crippen molar-refractivity contribution in [2.24, 2.45) is 0 Å². The van der Waals surface area contributed by atoms with E-state index in [0.717, 1.165) is 31.6 Å². The summed E-state index contributed by atoms with van der Waals surface area (Å²) in [7, 11) is 0. The van der Waals surface area contributed by atoms with Crippen molar-refractivity contribution in [3.63, 3.8) is 0 Å². The predicted molar refractivity (Wildman–Crippen MR) is 79.6 cm³/mol. The number of nitrogens with zero attached hydrogens (tertiary/aromatic N) is 3. The second-order valence-electron chi connectivity index (χ2n) is 5.12. The Kier molecular flexibility index (Phi) is 3.87. The first-order chi connectivity index (χ1) is 9.79. The minimum Gasteiger partial charge on any atom is -0.348 e. The molecule has 0 fully saturated rings. The number of carbonyl (C=O) groups is 1. The van der Waals surface area contributed by atoms with Gasteiger partial charge in [0.15, 0.2) is 0 Å². The monoisotopic (exact) mass is 289 g/mol. The fraction of sp³-hybridized carbons (Fsp3) is 0.467. The Hall–Kier alpha value is -1.62. The molecular weight excluding hydrogens is 270 g/mol. The number of aromatic nitrogens is 2. The third kappa shape index (κ3) is 2.50. The number of thiazole rings is 1. The number of amides is 1. The van der Waals surface area contributed by atoms with Crippen LogP contribution in [0, 0.1) is 0 Å². The Labute approximate surface area is 123 Å². The van der Waals surface area contributed by atoms with Gasteiger partial charge in [0.2, 0.25) is 5.91 Å². The third-order valence-electron chi connectivity index (χ3n) is 3.95. The molecule has 5 heteroatoms. The molecule has 0 saturated heterocycles. The quantitative estimate of drug-likeness (QED) is 0.868. The maximum absolute atomic E-state index is 12.5. The molecular formula is C15H19N3OS. The van der Waals surface area contributed by atoms with Gasteiger partial charge in [-0.3, -0.25) is 4.79 Å². The molecule has 1 amide bonds. The van der Waals surface area contributed by atoms with Crippen LogP contribution < -0.4 is 0 Å². The zero-order valence-corrected chi connectivity index (χ0v) is 12.5. The highest BCUT2D eigenvalue weighted by Gasteiger charge is 2.28. The van der Waals surface area contributed by atoms with Crippen molar-refractivity contribution in [3.8, 4) is 0 Å². The van der Waals surface area contributed by atoms with Gasteiger partial charge in [-0.05, 0) is 25.0 Å². The lowest BCUT2D eigenvalue weighted by Gasteiger charge is -2.36. The molecule has 4 nitrogen and oxygen atoms in total. The van der Waals surface area contributed by atoms with Gasteiger partial charge in [0.05, 0.1) is 17.2 Å². The van der Waals surface area contributed by atoms with Crippen LogP contribution in [0.5, 0.6) is 0 Å². The molecule has 3 heterocycles. The molecule has 1 aliphatic heterocycles. The average Bonchev–Trinajstić information content (AvgIpc) is 3.14. The van der Waals surface area contributed by atoms with Crippen LogP contribution in [0.4, 0.5) is 0 Å². The van der Waals surface area contributed by atoms with Crippen LogP contribution in [-0.2, 0) is 17.8 Å². The van der Waals surface area contributed by atoms with Gasteiger partial charge in [-0.15, -0.1) is 11.3 Å². The van der Waals surface area contributed by atoms with E-state index in [1.54, 1.807) is 11.3 Å². The second-order valence-corrected chi connectivity index (χ2v) is 5.84. The Morgan fingerprint density at radius 2 is 2.40 bits per heavy atom. The molecule has 2 aromatic heterocycles. The van der Waals surface area contributed by atoms with Gasteiger partial charge in [-0.25, -0.2) is 4.98 Å². The lowest BCUT2D eigenvalue weighted by Crippen LogP contribution is -2.41. The van der Waals surface area contributed by atoms with Gasteiger partial charge in [-0.2, -0.15) is 0 Å². The second kappa shape index (κ2) is 5.79. The first-order valence-corrected chi connectivity index (χ1v) is 8.05. The molecule has 1 aliphatic rings. The van der Waals surface area contributed by atoms with Crippen LogP contribution in [0.25, 0.3) is 0 Å². The molecule has 0 aromatic carbocycles. The molecule has 106 valence electrons. The Balaban J connectivity index is 1.68. The highest BCUT2D eigenvalue weighted by atomic mass is 32.1. The van der Waals surface area contributed by atoms with E-state index in [-0.39, 0.29) is 11.9 Å². The third-order valence-corrected chi connectivity index (χ3v) is 4.58. The summed E-state index contributed by atoms with van der Waals surface area (Å²) in [6, 6.07) is 4.43. The molecule has 0 radical (unpaired) electrons. The largest absolute Gasteiger partial charge is 0.348 e. The smallest absolute Gasteiger partial charge is 0.223 e. The molecule has 0 N–H and O–H groups in total. The van der Waals surface area contributed by atoms with Gasteiger partial charge in [0.1, 0.15) is 0 Å². The summed E-state index contributed by atoms with van der Waals surface area (Å²) >= 11 is 1.58. The summed E-state index contributed by atoms with van der Waals surface area (Å²) in [4.78, 5) is 18.8. The van der Waals surface area contributed by atoms with Crippen LogP contribution in [0.2, 0.25) is 0 Å². The molecule has 0 aliphatic carbocycles. The molecule has 0 bridgehead atoms. The Morgan fingerprint density at radius 1 is 1.50 bits per heavy atom. The molecule has 0 saturated carbocycles. The first-order valence-electron chi connectivity index (χ1n) is 7.11. The van der Waals surface area contributed by atoms with Gasteiger partial charge in [0.25, 0.3) is 0 Å². The Morgan fingerprint density at radius 3 is 3.15 bits per heavy atom. The number of hydrogen-bond acceptors (Lipinski definition) is 3. The molecule has 2 aromatic rings. The summed E-state index contributed by atoms with van der Waals surface area (Å²) in [6.07, 6.45) is 4.37. The van der Waals surface area contributed by atoms with E-state index in [9.17, 15) is 4.79 Å². The number of fused-ring (bicyclic) bond motifs is 1.